The van der Waals surface area contributed by atoms with Crippen LogP contribution in [0.2, 0.25) is 0 Å². The van der Waals surface area contributed by atoms with Gasteiger partial charge in [-0.15, -0.1) is 0 Å². The maximum atomic E-state index is 13.4. The number of carbonyl (C=O) groups is 3. The normalized spacial score (nSPS) is 30.9. The third-order valence-corrected chi connectivity index (χ3v) is 7.06. The van der Waals surface area contributed by atoms with E-state index in [1.807, 2.05) is 38.3 Å². The number of imide groups is 1. The summed E-state index contributed by atoms with van der Waals surface area (Å²) >= 11 is 1.71. The van der Waals surface area contributed by atoms with Crippen LogP contribution in [0.3, 0.4) is 0 Å². The fourth-order valence-corrected chi connectivity index (χ4v) is 5.56. The molecule has 3 amide bonds. The SMILES string of the molecule is CCCCN1C(=O)C2C(CCSC)NC3(C(=O)Nc4c(C)cccc43)C2C1=O. The van der Waals surface area contributed by atoms with E-state index in [0.29, 0.717) is 6.54 Å². The van der Waals surface area contributed by atoms with Gasteiger partial charge in [-0.2, -0.15) is 11.8 Å². The number of hydrogen-bond donors (Lipinski definition) is 2. The van der Waals surface area contributed by atoms with Crippen LogP contribution in [0.5, 0.6) is 0 Å². The van der Waals surface area contributed by atoms with E-state index in [9.17, 15) is 14.4 Å². The van der Waals surface area contributed by atoms with Gasteiger partial charge in [0.15, 0.2) is 0 Å². The lowest BCUT2D eigenvalue weighted by Crippen LogP contribution is -2.53. The highest BCUT2D eigenvalue weighted by Crippen LogP contribution is 2.53. The number of carbonyl (C=O) groups excluding carboxylic acids is 3. The third-order valence-electron chi connectivity index (χ3n) is 6.42. The summed E-state index contributed by atoms with van der Waals surface area (Å²) in [7, 11) is 0. The van der Waals surface area contributed by atoms with Crippen molar-refractivity contribution in [2.45, 2.75) is 44.7 Å². The summed E-state index contributed by atoms with van der Waals surface area (Å²) in [5.74, 6) is -0.812. The number of fused-ring (bicyclic) bond motifs is 4. The molecule has 28 heavy (non-hydrogen) atoms. The Hall–Kier alpha value is -1.86. The fourth-order valence-electron chi connectivity index (χ4n) is 5.07. The van der Waals surface area contributed by atoms with E-state index < -0.39 is 17.4 Å². The van der Waals surface area contributed by atoms with Crippen LogP contribution in [0.1, 0.15) is 37.3 Å². The van der Waals surface area contributed by atoms with Crippen molar-refractivity contribution in [3.05, 3.63) is 29.3 Å². The van der Waals surface area contributed by atoms with Crippen LogP contribution in [0, 0.1) is 18.8 Å². The standard InChI is InChI=1S/C21H27N3O3S/c1-4-5-10-24-18(25)15-14(9-11-28-3)23-21(16(15)19(24)26)13-8-6-7-12(2)17(13)22-20(21)27/h6-8,14-16,23H,4-5,9-11H2,1-3H3,(H,22,27). The molecular weight excluding hydrogens is 374 g/mol. The molecule has 1 aromatic carbocycles. The summed E-state index contributed by atoms with van der Waals surface area (Å²) in [6.07, 6.45) is 4.47. The Kier molecular flexibility index (Phi) is 5.00. The van der Waals surface area contributed by atoms with E-state index >= 15 is 0 Å². The number of benzene rings is 1. The molecule has 0 radical (unpaired) electrons. The smallest absolute Gasteiger partial charge is 0.250 e. The summed E-state index contributed by atoms with van der Waals surface area (Å²) in [6, 6.07) is 5.59. The molecule has 1 aromatic rings. The zero-order valence-electron chi connectivity index (χ0n) is 16.6. The van der Waals surface area contributed by atoms with Gasteiger partial charge in [0.1, 0.15) is 5.54 Å². The van der Waals surface area contributed by atoms with Crippen LogP contribution < -0.4 is 10.6 Å². The van der Waals surface area contributed by atoms with Crippen LogP contribution in [0.4, 0.5) is 5.69 Å². The van der Waals surface area contributed by atoms with Gasteiger partial charge in [-0.1, -0.05) is 31.5 Å². The largest absolute Gasteiger partial charge is 0.324 e. The first-order chi connectivity index (χ1) is 13.5. The molecule has 2 saturated heterocycles. The lowest BCUT2D eigenvalue weighted by molar-refractivity contribution is -0.142. The summed E-state index contributed by atoms with van der Waals surface area (Å²) in [5, 5.41) is 6.47. The van der Waals surface area contributed by atoms with E-state index in [0.717, 1.165) is 41.8 Å². The Morgan fingerprint density at radius 3 is 2.71 bits per heavy atom. The number of unbranched alkanes of at least 4 members (excludes halogenated alkanes) is 1. The minimum absolute atomic E-state index is 0.118. The average molecular weight is 402 g/mol. The number of nitrogens with one attached hydrogen (secondary N) is 2. The van der Waals surface area contributed by atoms with Crippen LogP contribution >= 0.6 is 11.8 Å². The third kappa shape index (κ3) is 2.55. The molecule has 4 atom stereocenters. The van der Waals surface area contributed by atoms with Crippen LogP contribution in [-0.4, -0.2) is 47.2 Å². The average Bonchev–Trinajstić information content (AvgIpc) is 3.25. The molecule has 2 N–H and O–H groups in total. The van der Waals surface area contributed by atoms with Crippen LogP contribution in [0.15, 0.2) is 18.2 Å². The minimum Gasteiger partial charge on any atom is -0.324 e. The number of aryl methyl sites for hydroxylation is 1. The minimum atomic E-state index is -1.15. The second-order valence-corrected chi connectivity index (χ2v) is 8.96. The zero-order valence-corrected chi connectivity index (χ0v) is 17.4. The highest BCUT2D eigenvalue weighted by Gasteiger charge is 2.70. The van der Waals surface area contributed by atoms with Crippen LogP contribution in [-0.2, 0) is 19.9 Å². The van der Waals surface area contributed by atoms with Crippen molar-refractivity contribution in [3.63, 3.8) is 0 Å². The quantitative estimate of drug-likeness (QED) is 0.715. The molecular formula is C21H27N3O3S. The molecule has 1 spiro atoms. The molecule has 3 aliphatic rings. The number of anilines is 1. The van der Waals surface area contributed by atoms with E-state index in [4.69, 9.17) is 0 Å². The molecule has 0 aliphatic carbocycles. The first-order valence-corrected chi connectivity index (χ1v) is 11.4. The fraction of sp³-hybridized carbons (Fsp3) is 0.571. The molecule has 4 unspecified atom stereocenters. The monoisotopic (exact) mass is 401 g/mol. The highest BCUT2D eigenvalue weighted by atomic mass is 32.2. The number of hydrogen-bond acceptors (Lipinski definition) is 5. The van der Waals surface area contributed by atoms with Crippen molar-refractivity contribution in [1.82, 2.24) is 10.2 Å². The van der Waals surface area contributed by atoms with E-state index in [2.05, 4.69) is 10.6 Å². The molecule has 7 heteroatoms. The van der Waals surface area contributed by atoms with Crippen molar-refractivity contribution < 1.29 is 14.4 Å². The molecule has 0 saturated carbocycles. The lowest BCUT2D eigenvalue weighted by Gasteiger charge is -2.29. The number of rotatable bonds is 6. The predicted octanol–water partition coefficient (Wildman–Crippen LogP) is 2.27. The van der Waals surface area contributed by atoms with E-state index in [-0.39, 0.29) is 23.8 Å². The predicted molar refractivity (Wildman–Crippen MR) is 110 cm³/mol. The molecule has 0 aromatic heterocycles. The molecule has 2 fully saturated rings. The molecule has 6 nitrogen and oxygen atoms in total. The van der Waals surface area contributed by atoms with Crippen molar-refractivity contribution in [2.24, 2.45) is 11.8 Å². The number of nitrogens with zero attached hydrogens (tertiary/aromatic N) is 1. The number of para-hydroxylation sites is 1. The summed E-state index contributed by atoms with van der Waals surface area (Å²) in [6.45, 7) is 4.43. The van der Waals surface area contributed by atoms with E-state index in [1.54, 1.807) is 11.8 Å². The maximum absolute atomic E-state index is 13.4. The van der Waals surface area contributed by atoms with E-state index in [1.165, 1.54) is 4.90 Å². The van der Waals surface area contributed by atoms with Crippen molar-refractivity contribution >= 4 is 35.2 Å². The van der Waals surface area contributed by atoms with Gasteiger partial charge < -0.3 is 5.32 Å². The van der Waals surface area contributed by atoms with Gasteiger partial charge >= 0.3 is 0 Å². The summed E-state index contributed by atoms with van der Waals surface area (Å²) in [4.78, 5) is 41.3. The number of thioether (sulfide) groups is 1. The zero-order chi connectivity index (χ0) is 20.1. The Bertz CT molecular complexity index is 842. The Morgan fingerprint density at radius 1 is 1.21 bits per heavy atom. The Labute approximate surface area is 169 Å². The molecule has 3 aliphatic heterocycles. The summed E-state index contributed by atoms with van der Waals surface area (Å²) in [5.41, 5.74) is 1.39. The second-order valence-electron chi connectivity index (χ2n) is 7.98. The topological polar surface area (TPSA) is 78.5 Å². The Balaban J connectivity index is 1.82. The van der Waals surface area contributed by atoms with Crippen molar-refractivity contribution in [2.75, 3.05) is 23.9 Å². The van der Waals surface area contributed by atoms with Crippen molar-refractivity contribution in [1.29, 1.82) is 0 Å². The van der Waals surface area contributed by atoms with Gasteiger partial charge in [0.2, 0.25) is 17.7 Å². The molecule has 3 heterocycles. The maximum Gasteiger partial charge on any atom is 0.250 e. The first-order valence-electron chi connectivity index (χ1n) is 10.0. The van der Waals surface area contributed by atoms with Crippen LogP contribution in [0.25, 0.3) is 0 Å². The Morgan fingerprint density at radius 2 is 2.00 bits per heavy atom. The summed E-state index contributed by atoms with van der Waals surface area (Å²) < 4.78 is 0. The molecule has 0 bridgehead atoms. The van der Waals surface area contributed by atoms with Gasteiger partial charge in [0.25, 0.3) is 0 Å². The molecule has 150 valence electrons. The van der Waals surface area contributed by atoms with Gasteiger partial charge in [0, 0.05) is 23.8 Å². The van der Waals surface area contributed by atoms with Gasteiger partial charge in [-0.3, -0.25) is 24.6 Å². The lowest BCUT2D eigenvalue weighted by atomic mass is 9.76. The highest BCUT2D eigenvalue weighted by molar-refractivity contribution is 7.98. The number of amides is 3. The first kappa shape index (κ1) is 19.5. The van der Waals surface area contributed by atoms with Gasteiger partial charge in [-0.25, -0.2) is 0 Å². The van der Waals surface area contributed by atoms with Crippen molar-refractivity contribution in [3.8, 4) is 0 Å². The van der Waals surface area contributed by atoms with Gasteiger partial charge in [-0.05, 0) is 37.3 Å². The molecule has 4 rings (SSSR count). The second kappa shape index (κ2) is 7.19. The van der Waals surface area contributed by atoms with Gasteiger partial charge in [0.05, 0.1) is 11.8 Å². The number of likely N-dealkylation sites (tertiary alicyclic amines) is 1.